The van der Waals surface area contributed by atoms with E-state index >= 15 is 0 Å². The minimum absolute atomic E-state index is 0.141. The average molecular weight is 331 g/mol. The van der Waals surface area contributed by atoms with Crippen LogP contribution in [0.25, 0.3) is 0 Å². The van der Waals surface area contributed by atoms with Gasteiger partial charge in [-0.15, -0.1) is 0 Å². The molecule has 1 amide bonds. The van der Waals surface area contributed by atoms with Crippen LogP contribution in [0.15, 0.2) is 24.3 Å². The molecule has 2 aliphatic rings. The predicted octanol–water partition coefficient (Wildman–Crippen LogP) is 1.86. The largest absolute Gasteiger partial charge is 0.497 e. The number of nitrogens with zero attached hydrogens (tertiary/aromatic N) is 1. The third-order valence-electron chi connectivity index (χ3n) is 5.70. The Morgan fingerprint density at radius 3 is 2.46 bits per heavy atom. The second kappa shape index (κ2) is 7.56. The van der Waals surface area contributed by atoms with Gasteiger partial charge >= 0.3 is 0 Å². The van der Waals surface area contributed by atoms with Crippen molar-refractivity contribution in [3.63, 3.8) is 0 Å². The Balaban J connectivity index is 1.57. The highest BCUT2D eigenvalue weighted by atomic mass is 16.5. The Kier molecular flexibility index (Phi) is 5.44. The molecule has 132 valence electrons. The zero-order valence-corrected chi connectivity index (χ0v) is 15.3. The second-order valence-electron chi connectivity index (χ2n) is 7.81. The summed E-state index contributed by atoms with van der Waals surface area (Å²) < 4.78 is 5.23. The number of benzene rings is 1. The van der Waals surface area contributed by atoms with E-state index in [4.69, 9.17) is 4.74 Å². The first-order valence-electron chi connectivity index (χ1n) is 9.34. The third kappa shape index (κ3) is 3.92. The van der Waals surface area contributed by atoms with Gasteiger partial charge in [0, 0.05) is 43.3 Å². The molecule has 3 rings (SSSR count). The Morgan fingerprint density at radius 1 is 1.17 bits per heavy atom. The molecule has 24 heavy (non-hydrogen) atoms. The lowest BCUT2D eigenvalue weighted by atomic mass is 9.89. The number of carbonyl (C=O) groups excluding carboxylic acids is 1. The molecule has 2 aliphatic heterocycles. The number of likely N-dealkylation sites (tertiary alicyclic amines) is 2. The summed E-state index contributed by atoms with van der Waals surface area (Å²) in [5.74, 6) is 2.56. The molecule has 0 radical (unpaired) electrons. The lowest BCUT2D eigenvalue weighted by molar-refractivity contribution is -0.938. The van der Waals surface area contributed by atoms with Crippen molar-refractivity contribution in [1.82, 2.24) is 4.90 Å². The molecule has 1 aromatic rings. The van der Waals surface area contributed by atoms with Gasteiger partial charge in [0.2, 0.25) is 0 Å². The van der Waals surface area contributed by atoms with Crippen LogP contribution in [0.4, 0.5) is 0 Å². The van der Waals surface area contributed by atoms with Crippen molar-refractivity contribution in [1.29, 1.82) is 0 Å². The maximum atomic E-state index is 12.7. The highest BCUT2D eigenvalue weighted by Gasteiger charge is 2.34. The normalized spacial score (nSPS) is 28.6. The fourth-order valence-corrected chi connectivity index (χ4v) is 4.59. The summed E-state index contributed by atoms with van der Waals surface area (Å²) in [6.45, 7) is 9.14. The van der Waals surface area contributed by atoms with Crippen LogP contribution in [0.3, 0.4) is 0 Å². The SMILES string of the molecule is COc1cccc(C(=O)N2CCC([NH+]3C[C@H](C)C[C@H](C)C3)CC2)c1. The summed E-state index contributed by atoms with van der Waals surface area (Å²) in [5.41, 5.74) is 0.736. The first-order chi connectivity index (χ1) is 11.6. The van der Waals surface area contributed by atoms with E-state index in [0.29, 0.717) is 0 Å². The smallest absolute Gasteiger partial charge is 0.253 e. The van der Waals surface area contributed by atoms with Gasteiger partial charge in [0.15, 0.2) is 0 Å². The first-order valence-corrected chi connectivity index (χ1v) is 9.34. The van der Waals surface area contributed by atoms with Crippen molar-refractivity contribution in [3.8, 4) is 5.75 Å². The minimum atomic E-state index is 0.141. The van der Waals surface area contributed by atoms with Gasteiger partial charge in [-0.25, -0.2) is 0 Å². The van der Waals surface area contributed by atoms with Crippen molar-refractivity contribution < 1.29 is 14.4 Å². The fraction of sp³-hybridized carbons (Fsp3) is 0.650. The monoisotopic (exact) mass is 331 g/mol. The molecule has 2 fully saturated rings. The molecular weight excluding hydrogens is 300 g/mol. The Hall–Kier alpha value is -1.55. The summed E-state index contributed by atoms with van der Waals surface area (Å²) in [6, 6.07) is 8.22. The Labute approximate surface area is 145 Å². The number of hydrogen-bond donors (Lipinski definition) is 1. The van der Waals surface area contributed by atoms with Crippen LogP contribution < -0.4 is 9.64 Å². The van der Waals surface area contributed by atoms with Gasteiger partial charge in [0.05, 0.1) is 26.2 Å². The maximum Gasteiger partial charge on any atom is 0.253 e. The number of ether oxygens (including phenoxy) is 1. The number of quaternary nitrogens is 1. The topological polar surface area (TPSA) is 34.0 Å². The first kappa shape index (κ1) is 17.3. The van der Waals surface area contributed by atoms with E-state index in [1.54, 1.807) is 12.0 Å². The van der Waals surface area contributed by atoms with Crippen molar-refractivity contribution >= 4 is 5.91 Å². The molecule has 2 heterocycles. The van der Waals surface area contributed by atoms with E-state index in [0.717, 1.165) is 55.1 Å². The summed E-state index contributed by atoms with van der Waals surface area (Å²) in [7, 11) is 1.64. The summed E-state index contributed by atoms with van der Waals surface area (Å²) in [5, 5.41) is 0. The molecule has 0 aromatic heterocycles. The number of methoxy groups -OCH3 is 1. The molecule has 0 bridgehead atoms. The van der Waals surface area contributed by atoms with Crippen molar-refractivity contribution in [2.75, 3.05) is 33.3 Å². The average Bonchev–Trinajstić information content (AvgIpc) is 2.60. The van der Waals surface area contributed by atoms with Gasteiger partial charge in [0.1, 0.15) is 5.75 Å². The van der Waals surface area contributed by atoms with E-state index in [2.05, 4.69) is 13.8 Å². The maximum absolute atomic E-state index is 12.7. The van der Waals surface area contributed by atoms with Crippen LogP contribution in [-0.4, -0.2) is 50.1 Å². The van der Waals surface area contributed by atoms with E-state index in [-0.39, 0.29) is 5.91 Å². The molecule has 4 heteroatoms. The van der Waals surface area contributed by atoms with Gasteiger partial charge in [-0.2, -0.15) is 0 Å². The van der Waals surface area contributed by atoms with E-state index < -0.39 is 0 Å². The number of rotatable bonds is 3. The zero-order valence-electron chi connectivity index (χ0n) is 15.3. The third-order valence-corrected chi connectivity index (χ3v) is 5.70. The van der Waals surface area contributed by atoms with Crippen LogP contribution in [0.1, 0.15) is 43.5 Å². The predicted molar refractivity (Wildman–Crippen MR) is 95.6 cm³/mol. The summed E-state index contributed by atoms with van der Waals surface area (Å²) >= 11 is 0. The zero-order chi connectivity index (χ0) is 17.1. The highest BCUT2D eigenvalue weighted by molar-refractivity contribution is 5.94. The van der Waals surface area contributed by atoms with Crippen molar-refractivity contribution in [2.24, 2.45) is 11.8 Å². The lowest BCUT2D eigenvalue weighted by Crippen LogP contribution is -3.18. The Morgan fingerprint density at radius 2 is 1.83 bits per heavy atom. The number of piperidine rings is 2. The number of amides is 1. The standard InChI is InChI=1S/C20H30N2O2/c1-15-11-16(2)14-22(13-15)18-7-9-21(10-8-18)20(23)17-5-4-6-19(12-17)24-3/h4-6,12,15-16,18H,7-11,13-14H2,1-3H3/p+1/t15-,16+. The molecule has 3 atom stereocenters. The number of nitrogens with one attached hydrogen (secondary N) is 1. The molecule has 0 saturated carbocycles. The van der Waals surface area contributed by atoms with E-state index in [9.17, 15) is 4.79 Å². The van der Waals surface area contributed by atoms with Crippen LogP contribution in [0.5, 0.6) is 5.75 Å². The molecule has 0 aliphatic carbocycles. The van der Waals surface area contributed by atoms with Crippen molar-refractivity contribution in [3.05, 3.63) is 29.8 Å². The highest BCUT2D eigenvalue weighted by Crippen LogP contribution is 2.18. The minimum Gasteiger partial charge on any atom is -0.497 e. The molecule has 1 unspecified atom stereocenters. The lowest BCUT2D eigenvalue weighted by Gasteiger charge is -2.41. The van der Waals surface area contributed by atoms with Gasteiger partial charge in [-0.05, 0) is 24.6 Å². The second-order valence-corrected chi connectivity index (χ2v) is 7.81. The quantitative estimate of drug-likeness (QED) is 0.917. The summed E-state index contributed by atoms with van der Waals surface area (Å²) in [4.78, 5) is 16.5. The van der Waals surface area contributed by atoms with Crippen LogP contribution >= 0.6 is 0 Å². The number of carbonyl (C=O) groups is 1. The molecule has 0 spiro atoms. The fourth-order valence-electron chi connectivity index (χ4n) is 4.59. The molecule has 1 N–H and O–H groups in total. The number of hydrogen-bond acceptors (Lipinski definition) is 2. The van der Waals surface area contributed by atoms with Gasteiger partial charge < -0.3 is 14.5 Å². The van der Waals surface area contributed by atoms with Crippen molar-refractivity contribution in [2.45, 2.75) is 39.2 Å². The van der Waals surface area contributed by atoms with Gasteiger partial charge in [-0.1, -0.05) is 19.9 Å². The van der Waals surface area contributed by atoms with Crippen LogP contribution in [0.2, 0.25) is 0 Å². The molecular formula is C20H31N2O2+. The van der Waals surface area contributed by atoms with E-state index in [1.165, 1.54) is 19.5 Å². The van der Waals surface area contributed by atoms with E-state index in [1.807, 2.05) is 29.2 Å². The van der Waals surface area contributed by atoms with Crippen LogP contribution in [-0.2, 0) is 0 Å². The van der Waals surface area contributed by atoms with Gasteiger partial charge in [-0.3, -0.25) is 4.79 Å². The summed E-state index contributed by atoms with van der Waals surface area (Å²) in [6.07, 6.45) is 3.63. The molecule has 1 aromatic carbocycles. The molecule has 2 saturated heterocycles. The van der Waals surface area contributed by atoms with Gasteiger partial charge in [0.25, 0.3) is 5.91 Å². The molecule has 4 nitrogen and oxygen atoms in total. The Bertz CT molecular complexity index is 557. The van der Waals surface area contributed by atoms with Crippen LogP contribution in [0, 0.1) is 11.8 Å².